The highest BCUT2D eigenvalue weighted by atomic mass is 32.2. The Morgan fingerprint density at radius 1 is 1.18 bits per heavy atom. The number of aromatic nitrogens is 3. The average molecular weight is 557 g/mol. The Bertz CT molecular complexity index is 1480. The molecule has 2 aromatic heterocycles. The fourth-order valence-electron chi connectivity index (χ4n) is 5.82. The summed E-state index contributed by atoms with van der Waals surface area (Å²) < 4.78 is 44.7. The molecule has 9 nitrogen and oxygen atoms in total. The van der Waals surface area contributed by atoms with E-state index in [2.05, 4.69) is 51.1 Å². The molecule has 2 aliphatic rings. The molecule has 210 valence electrons. The van der Waals surface area contributed by atoms with Crippen LogP contribution in [0.25, 0.3) is 10.8 Å². The quantitative estimate of drug-likeness (QED) is 0.452. The molecule has 2 saturated heterocycles. The van der Waals surface area contributed by atoms with Crippen LogP contribution < -0.4 is 15.1 Å². The molecule has 0 unspecified atom stereocenters. The number of pyridine rings is 1. The SMILES string of the molecule is CO[C@@H]1CCN(c2nccc(Nc3cc4c(C(C)C)ccc(N5C[C@H](S(C)(=O)=O)[C@H]5C)c4cn3)n2)C[C@]1(C)F. The summed E-state index contributed by atoms with van der Waals surface area (Å²) in [5.41, 5.74) is 0.664. The van der Waals surface area contributed by atoms with E-state index in [1.807, 2.05) is 24.1 Å². The predicted octanol–water partition coefficient (Wildman–Crippen LogP) is 4.47. The average Bonchev–Trinajstić information content (AvgIpc) is 2.86. The number of benzene rings is 1. The van der Waals surface area contributed by atoms with Crippen LogP contribution in [0.4, 0.5) is 27.7 Å². The van der Waals surface area contributed by atoms with Crippen molar-refractivity contribution in [1.29, 1.82) is 0 Å². The number of hydrogen-bond donors (Lipinski definition) is 1. The molecule has 0 bridgehead atoms. The lowest BCUT2D eigenvalue weighted by Gasteiger charge is -2.47. The summed E-state index contributed by atoms with van der Waals surface area (Å²) in [5, 5.41) is 4.97. The Hall–Kier alpha value is -3.05. The topological polar surface area (TPSA) is 101 Å². The van der Waals surface area contributed by atoms with Gasteiger partial charge in [-0.15, -0.1) is 0 Å². The van der Waals surface area contributed by atoms with Crippen LogP contribution in [0, 0.1) is 0 Å². The van der Waals surface area contributed by atoms with Gasteiger partial charge < -0.3 is 19.9 Å². The molecule has 5 rings (SSSR count). The van der Waals surface area contributed by atoms with Gasteiger partial charge in [-0.1, -0.05) is 19.9 Å². The number of sulfone groups is 1. The number of fused-ring (bicyclic) bond motifs is 1. The fourth-order valence-corrected chi connectivity index (χ4v) is 7.11. The first-order valence-corrected chi connectivity index (χ1v) is 15.3. The molecule has 39 heavy (non-hydrogen) atoms. The minimum Gasteiger partial charge on any atom is -0.378 e. The maximum atomic E-state index is 15.1. The summed E-state index contributed by atoms with van der Waals surface area (Å²) in [4.78, 5) is 17.7. The second-order valence-corrected chi connectivity index (χ2v) is 13.5. The molecular formula is C28H37FN6O3S. The Morgan fingerprint density at radius 2 is 1.95 bits per heavy atom. The Labute approximate surface area is 229 Å². The van der Waals surface area contributed by atoms with E-state index in [9.17, 15) is 8.42 Å². The third-order valence-electron chi connectivity index (χ3n) is 8.10. The van der Waals surface area contributed by atoms with Crippen molar-refractivity contribution in [2.75, 3.05) is 48.1 Å². The van der Waals surface area contributed by atoms with Crippen LogP contribution in [0.2, 0.25) is 0 Å². The molecule has 4 atom stereocenters. The van der Waals surface area contributed by atoms with Crippen LogP contribution in [-0.2, 0) is 14.6 Å². The number of hydrogen-bond acceptors (Lipinski definition) is 9. The van der Waals surface area contributed by atoms with E-state index in [-0.39, 0.29) is 23.8 Å². The van der Waals surface area contributed by atoms with Gasteiger partial charge in [0.05, 0.1) is 17.9 Å². The van der Waals surface area contributed by atoms with Crippen molar-refractivity contribution < 1.29 is 17.5 Å². The van der Waals surface area contributed by atoms with Gasteiger partial charge in [-0.3, -0.25) is 0 Å². The minimum atomic E-state index is -3.10. The van der Waals surface area contributed by atoms with Crippen LogP contribution in [0.15, 0.2) is 36.7 Å². The molecule has 2 fully saturated rings. The van der Waals surface area contributed by atoms with Crippen molar-refractivity contribution in [3.63, 3.8) is 0 Å². The Kier molecular flexibility index (Phi) is 7.17. The molecule has 1 N–H and O–H groups in total. The van der Waals surface area contributed by atoms with E-state index < -0.39 is 21.6 Å². The number of halogens is 1. The maximum Gasteiger partial charge on any atom is 0.227 e. The molecule has 0 radical (unpaired) electrons. The van der Waals surface area contributed by atoms with E-state index >= 15 is 4.39 Å². The van der Waals surface area contributed by atoms with Crippen molar-refractivity contribution in [2.24, 2.45) is 0 Å². The third kappa shape index (κ3) is 5.26. The number of ether oxygens (including phenoxy) is 1. The second-order valence-electron chi connectivity index (χ2n) is 11.3. The fraction of sp³-hybridized carbons (Fsp3) is 0.536. The lowest BCUT2D eigenvalue weighted by Crippen LogP contribution is -2.61. The Balaban J connectivity index is 1.42. The third-order valence-corrected chi connectivity index (χ3v) is 9.74. The van der Waals surface area contributed by atoms with Gasteiger partial charge in [0.15, 0.2) is 15.5 Å². The van der Waals surface area contributed by atoms with Crippen LogP contribution in [-0.4, -0.2) is 79.4 Å². The summed E-state index contributed by atoms with van der Waals surface area (Å²) in [7, 11) is -1.56. The van der Waals surface area contributed by atoms with Gasteiger partial charge in [0.1, 0.15) is 11.6 Å². The summed E-state index contributed by atoms with van der Waals surface area (Å²) in [6, 6.07) is 7.86. The largest absolute Gasteiger partial charge is 0.378 e. The number of rotatable bonds is 7. The Morgan fingerprint density at radius 3 is 2.59 bits per heavy atom. The summed E-state index contributed by atoms with van der Waals surface area (Å²) >= 11 is 0. The number of nitrogens with one attached hydrogen (secondary N) is 1. The molecular weight excluding hydrogens is 519 g/mol. The molecule has 1 aromatic carbocycles. The molecule has 3 aromatic rings. The first kappa shape index (κ1) is 27.5. The highest BCUT2D eigenvalue weighted by Crippen LogP contribution is 2.39. The molecule has 2 aliphatic heterocycles. The first-order valence-electron chi connectivity index (χ1n) is 13.3. The van der Waals surface area contributed by atoms with Gasteiger partial charge in [-0.05, 0) is 55.3 Å². The van der Waals surface area contributed by atoms with E-state index in [1.165, 1.54) is 11.8 Å². The van der Waals surface area contributed by atoms with Gasteiger partial charge in [0, 0.05) is 56.0 Å². The van der Waals surface area contributed by atoms with E-state index in [0.717, 1.165) is 16.5 Å². The normalized spacial score (nSPS) is 25.7. The van der Waals surface area contributed by atoms with Crippen molar-refractivity contribution >= 4 is 43.9 Å². The minimum absolute atomic E-state index is 0.106. The zero-order valence-corrected chi connectivity index (χ0v) is 24.2. The lowest BCUT2D eigenvalue weighted by atomic mass is 9.93. The number of piperidine rings is 1. The maximum absolute atomic E-state index is 15.1. The summed E-state index contributed by atoms with van der Waals surface area (Å²) in [6.07, 6.45) is 4.91. The zero-order valence-electron chi connectivity index (χ0n) is 23.3. The van der Waals surface area contributed by atoms with Crippen LogP contribution >= 0.6 is 0 Å². The lowest BCUT2D eigenvalue weighted by molar-refractivity contribution is -0.0381. The molecule has 11 heteroatoms. The van der Waals surface area contributed by atoms with Gasteiger partial charge in [-0.2, -0.15) is 4.98 Å². The number of alkyl halides is 1. The number of methoxy groups -OCH3 is 1. The molecule has 4 heterocycles. The van der Waals surface area contributed by atoms with Crippen molar-refractivity contribution in [3.8, 4) is 0 Å². The van der Waals surface area contributed by atoms with Crippen LogP contribution in [0.3, 0.4) is 0 Å². The van der Waals surface area contributed by atoms with Gasteiger partial charge >= 0.3 is 0 Å². The van der Waals surface area contributed by atoms with E-state index in [0.29, 0.717) is 37.1 Å². The molecule has 0 spiro atoms. The zero-order chi connectivity index (χ0) is 28.1. The first-order chi connectivity index (χ1) is 18.4. The van der Waals surface area contributed by atoms with Crippen LogP contribution in [0.1, 0.15) is 45.6 Å². The summed E-state index contributed by atoms with van der Waals surface area (Å²) in [5.74, 6) is 1.93. The highest BCUT2D eigenvalue weighted by Gasteiger charge is 2.43. The van der Waals surface area contributed by atoms with E-state index in [1.54, 1.807) is 26.3 Å². The van der Waals surface area contributed by atoms with Crippen molar-refractivity contribution in [1.82, 2.24) is 15.0 Å². The van der Waals surface area contributed by atoms with E-state index in [4.69, 9.17) is 4.74 Å². The summed E-state index contributed by atoms with van der Waals surface area (Å²) in [6.45, 7) is 9.03. The molecule has 0 aliphatic carbocycles. The second kappa shape index (κ2) is 10.2. The van der Waals surface area contributed by atoms with Gasteiger partial charge in [0.25, 0.3) is 0 Å². The van der Waals surface area contributed by atoms with Crippen LogP contribution in [0.5, 0.6) is 0 Å². The van der Waals surface area contributed by atoms with Crippen molar-refractivity contribution in [2.45, 2.75) is 63.1 Å². The van der Waals surface area contributed by atoms with Gasteiger partial charge in [0.2, 0.25) is 5.95 Å². The molecule has 0 saturated carbocycles. The molecule has 0 amide bonds. The number of anilines is 4. The standard InChI is InChI=1S/C28H37FN6O3S/c1-17(2)19-7-8-22(35-15-23(18(35)3)39(6,36)37)21-14-31-26(13-20(19)21)32-25-9-11-30-27(33-25)34-12-10-24(38-5)28(4,29)16-34/h7-9,11,13-14,17-18,23-24H,10,12,15-16H2,1-6H3,(H,30,31,32,33)/t18-,23+,24-,28+/m1/s1. The monoisotopic (exact) mass is 556 g/mol. The smallest absolute Gasteiger partial charge is 0.227 e. The van der Waals surface area contributed by atoms with Gasteiger partial charge in [-0.25, -0.2) is 22.8 Å². The predicted molar refractivity (Wildman–Crippen MR) is 154 cm³/mol. The highest BCUT2D eigenvalue weighted by molar-refractivity contribution is 7.91. The number of nitrogens with zero attached hydrogens (tertiary/aromatic N) is 5. The van der Waals surface area contributed by atoms with Crippen molar-refractivity contribution in [3.05, 3.63) is 42.2 Å².